The maximum atomic E-state index is 12.6. The minimum atomic E-state index is -1.54. The molecule has 0 saturated heterocycles. The minimum absolute atomic E-state index is 0.0392. The van der Waals surface area contributed by atoms with E-state index in [1.54, 1.807) is 87.3 Å². The lowest BCUT2D eigenvalue weighted by molar-refractivity contribution is -0.144. The van der Waals surface area contributed by atoms with Crippen molar-refractivity contribution in [2.24, 2.45) is 0 Å². The number of hydrogen-bond donors (Lipinski definition) is 6. The Morgan fingerprint density at radius 1 is 0.447 bits per heavy atom. The number of H-pyrrole nitrogens is 3. The zero-order chi connectivity index (χ0) is 87.0. The summed E-state index contributed by atoms with van der Waals surface area (Å²) in [5.74, 6) is 4.12. The fraction of sp³-hybridized carbons (Fsp3) is 0.124. The number of imidazole rings is 1. The van der Waals surface area contributed by atoms with Gasteiger partial charge in [0.2, 0.25) is 0 Å². The molecule has 0 aliphatic rings. The zero-order valence-electron chi connectivity index (χ0n) is 66.3. The monoisotopic (exact) mass is 1850 g/mol. The SMILES string of the molecule is Brc1cccc2[nH]ncc12.CCOC(=O)Cn1cc2c(-c3ccc(OC)cc3Cl)cccc2n1.COc1ccc(-c2cccc3[nH]ncc23)c(Cl)c1.COc1ccc(-c2cccc3nn(CC(=O)Cc4ccc(Cl)nc4N)cc23)c(Cl)c1.COc1ccc(-c2cccc3nn(Cc4nc5nc(Cl)ccc5[nH]4)cc23)c(Cl)c1.COc1ccc(B(O)O)c(Cl)c1. The Kier molecular flexibility index (Phi) is 29.6. The first-order valence-electron chi connectivity index (χ1n) is 37.5. The zero-order valence-corrected chi connectivity index (χ0v) is 73.2. The smallest absolute Gasteiger partial charge is 0.489 e. The molecule has 34 heteroatoms. The Labute approximate surface area is 747 Å². The van der Waals surface area contributed by atoms with Crippen LogP contribution in [0.5, 0.6) is 28.7 Å². The third-order valence-corrected chi connectivity index (χ3v) is 21.7. The predicted octanol–water partition coefficient (Wildman–Crippen LogP) is 20.3. The number of ketones is 1. The van der Waals surface area contributed by atoms with E-state index in [0.29, 0.717) is 72.0 Å². The molecular weight excluding hydrogens is 1780 g/mol. The molecule has 0 bridgehead atoms. The number of aromatic nitrogens is 14. The standard InChI is InChI=1S/C22H18Cl2N4O2.C21H15Cl2N5O.C18H17ClN2O3.C14H11ClN2O.C7H8BClO3.C7H5BrN2/c1-30-15-6-7-17(19(23)10-15)16-3-2-4-20-18(16)12-28(27-20)11-14(29)9-13-5-8-21(24)26-22(13)25;1-29-12-5-6-14(16(22)9-12)13-3-2-4-17-15(13)10-28(27-17)11-20-24-18-7-8-19(23)25-21(18)26-20;1-3-24-18(22)11-21-10-15-13(5-4-6-17(15)20-21)14-8-7-12(23-2)9-16(14)19;1-18-9-5-6-11(13(15)7-9)10-3-2-4-14-12(10)8-16-17-14;1-12-5-2-3-6(8(10)11)7(9)4-5;8-6-2-1-3-7-5(6)4-9-10-7/h2-8,10,12H,9,11H2,1H3,(H2,25,26);2-10H,11H2,1H3,(H,24,25,26);4-10H,3,11H2,1-2H3;2-8H,1H3,(H,16,17);2-4,10-11H,1H3;1-4H,(H,9,10). The molecule has 8 aromatic heterocycles. The number of carbonyl (C=O) groups excluding carboxylic acids is 2. The molecule has 18 rings (SSSR count). The Balaban J connectivity index is 0.000000132. The summed E-state index contributed by atoms with van der Waals surface area (Å²) in [5.41, 5.74) is 20.4. The van der Waals surface area contributed by atoms with Crippen molar-refractivity contribution in [2.45, 2.75) is 33.0 Å². The van der Waals surface area contributed by atoms with Crippen molar-refractivity contribution >= 4 is 193 Å². The van der Waals surface area contributed by atoms with Gasteiger partial charge in [-0.3, -0.25) is 33.8 Å². The lowest BCUT2D eigenvalue weighted by Gasteiger charge is -2.07. The Morgan fingerprint density at radius 3 is 1.32 bits per heavy atom. The summed E-state index contributed by atoms with van der Waals surface area (Å²) < 4.78 is 36.8. The molecule has 0 spiro atoms. The van der Waals surface area contributed by atoms with Crippen molar-refractivity contribution in [1.29, 1.82) is 0 Å². The number of fused-ring (bicyclic) bond motifs is 6. The van der Waals surface area contributed by atoms with Gasteiger partial charge in [0, 0.05) is 94.7 Å². The van der Waals surface area contributed by atoms with Gasteiger partial charge in [-0.15, -0.1) is 0 Å². The van der Waals surface area contributed by atoms with Crippen molar-refractivity contribution in [3.8, 4) is 73.3 Å². The first-order valence-corrected chi connectivity index (χ1v) is 41.0. The van der Waals surface area contributed by atoms with Gasteiger partial charge in [0.25, 0.3) is 0 Å². The summed E-state index contributed by atoms with van der Waals surface area (Å²) >= 11 is 46.5. The molecule has 0 fully saturated rings. The van der Waals surface area contributed by atoms with Gasteiger partial charge in [0.15, 0.2) is 11.4 Å². The quantitative estimate of drug-likeness (QED) is 0.0249. The largest absolute Gasteiger partial charge is 0.497 e. The molecule has 0 aliphatic carbocycles. The molecular formula is C89H74BBrCl7N15O10. The molecule has 0 unspecified atom stereocenters. The number of aromatic amines is 3. The molecule has 0 saturated carbocycles. The van der Waals surface area contributed by atoms with Crippen LogP contribution >= 0.6 is 97.1 Å². The average Bonchev–Trinajstić information content (AvgIpc) is 1.67. The van der Waals surface area contributed by atoms with E-state index in [2.05, 4.69) is 71.6 Å². The van der Waals surface area contributed by atoms with E-state index < -0.39 is 7.12 Å². The van der Waals surface area contributed by atoms with E-state index in [4.69, 9.17) is 125 Å². The van der Waals surface area contributed by atoms with Gasteiger partial charge in [-0.25, -0.2) is 15.0 Å². The molecule has 10 aromatic carbocycles. The van der Waals surface area contributed by atoms with E-state index >= 15 is 0 Å². The molecule has 624 valence electrons. The second kappa shape index (κ2) is 41.1. The highest BCUT2D eigenvalue weighted by Crippen LogP contribution is 2.40. The third-order valence-electron chi connectivity index (χ3n) is 19.0. The predicted molar refractivity (Wildman–Crippen MR) is 492 cm³/mol. The highest BCUT2D eigenvalue weighted by atomic mass is 79.9. The van der Waals surface area contributed by atoms with Gasteiger partial charge in [0.05, 0.1) is 121 Å². The number of anilines is 1. The molecule has 123 heavy (non-hydrogen) atoms. The fourth-order valence-corrected chi connectivity index (χ4v) is 15.3. The van der Waals surface area contributed by atoms with Crippen LogP contribution in [0, 0.1) is 0 Å². The number of rotatable bonds is 19. The number of nitrogens with zero attached hydrogens (tertiary/aromatic N) is 11. The normalized spacial score (nSPS) is 10.9. The number of pyridine rings is 2. The van der Waals surface area contributed by atoms with E-state index in [1.807, 2.05) is 187 Å². The van der Waals surface area contributed by atoms with Crippen LogP contribution < -0.4 is 34.9 Å². The number of methoxy groups -OCH3 is 5. The molecule has 7 N–H and O–H groups in total. The van der Waals surface area contributed by atoms with Crippen LogP contribution in [0.15, 0.2) is 242 Å². The van der Waals surface area contributed by atoms with E-state index in [0.717, 1.165) is 126 Å². The molecule has 0 amide bonds. The number of carbonyl (C=O) groups is 2. The molecule has 0 radical (unpaired) electrons. The van der Waals surface area contributed by atoms with Gasteiger partial charge in [-0.1, -0.05) is 164 Å². The van der Waals surface area contributed by atoms with Crippen molar-refractivity contribution in [1.82, 2.24) is 69.7 Å². The number of Topliss-reactive ketones (excluding diaryl/α,β-unsaturated/α-hetero) is 1. The van der Waals surface area contributed by atoms with Crippen LogP contribution in [-0.4, -0.2) is 141 Å². The fourth-order valence-electron chi connectivity index (χ4n) is 13.1. The lowest BCUT2D eigenvalue weighted by Crippen LogP contribution is -2.30. The van der Waals surface area contributed by atoms with Crippen molar-refractivity contribution in [2.75, 3.05) is 47.9 Å². The van der Waals surface area contributed by atoms with Crippen LogP contribution in [0.2, 0.25) is 35.4 Å². The van der Waals surface area contributed by atoms with Crippen molar-refractivity contribution in [3.63, 3.8) is 0 Å². The summed E-state index contributed by atoms with van der Waals surface area (Å²) in [5, 5.41) is 53.6. The average molecular weight is 1850 g/mol. The summed E-state index contributed by atoms with van der Waals surface area (Å²) in [7, 11) is 6.43. The maximum absolute atomic E-state index is 12.6. The summed E-state index contributed by atoms with van der Waals surface area (Å²) in [6.45, 7) is 2.82. The number of benzene rings is 10. The Bertz CT molecular complexity index is 6820. The van der Waals surface area contributed by atoms with E-state index in [1.165, 1.54) is 19.2 Å². The van der Waals surface area contributed by atoms with Crippen LogP contribution in [0.25, 0.3) is 110 Å². The number of nitrogens with one attached hydrogen (secondary N) is 3. The number of nitrogens with two attached hydrogens (primary N) is 1. The molecule has 18 aromatic rings. The Morgan fingerprint density at radius 2 is 0.862 bits per heavy atom. The van der Waals surface area contributed by atoms with Crippen molar-refractivity contribution in [3.05, 3.63) is 289 Å². The molecule has 25 nitrogen and oxygen atoms in total. The number of ether oxygens (including phenoxy) is 6. The highest BCUT2D eigenvalue weighted by Gasteiger charge is 2.20. The first kappa shape index (κ1) is 88.5. The second-order valence-electron chi connectivity index (χ2n) is 26.9. The lowest BCUT2D eigenvalue weighted by atomic mass is 9.80. The Hall–Kier alpha value is -12.2. The summed E-state index contributed by atoms with van der Waals surface area (Å²) in [6, 6.07) is 63.6. The van der Waals surface area contributed by atoms with Crippen molar-refractivity contribution < 1.29 is 48.1 Å². The molecule has 8 heterocycles. The second-order valence-corrected chi connectivity index (χ2v) is 30.6. The van der Waals surface area contributed by atoms with Gasteiger partial charge < -0.3 is 49.2 Å². The minimum Gasteiger partial charge on any atom is -0.497 e. The highest BCUT2D eigenvalue weighted by molar-refractivity contribution is 9.10. The van der Waals surface area contributed by atoms with E-state index in [-0.39, 0.29) is 47.6 Å². The third kappa shape index (κ3) is 21.8. The first-order chi connectivity index (χ1) is 59.5. The number of halogens is 8. The van der Waals surface area contributed by atoms with Gasteiger partial charge in [-0.2, -0.15) is 25.5 Å². The van der Waals surface area contributed by atoms with Gasteiger partial charge in [-0.05, 0) is 169 Å². The van der Waals surface area contributed by atoms with Crippen LogP contribution in [0.4, 0.5) is 5.82 Å². The van der Waals surface area contributed by atoms with Crippen LogP contribution in [0.1, 0.15) is 18.3 Å². The maximum Gasteiger partial charge on any atom is 0.489 e. The van der Waals surface area contributed by atoms with Gasteiger partial charge in [0.1, 0.15) is 57.2 Å². The number of hydrogen-bond acceptors (Lipinski definition) is 19. The van der Waals surface area contributed by atoms with Crippen LogP contribution in [0.3, 0.4) is 0 Å². The summed E-state index contributed by atoms with van der Waals surface area (Å²) in [6.07, 6.45) is 9.46. The van der Waals surface area contributed by atoms with Gasteiger partial charge >= 0.3 is 13.1 Å². The molecule has 0 aliphatic heterocycles. The number of esters is 1. The molecule has 0 atom stereocenters. The van der Waals surface area contributed by atoms with E-state index in [9.17, 15) is 9.59 Å². The topological polar surface area (TPSA) is 321 Å². The van der Waals surface area contributed by atoms with Crippen LogP contribution in [-0.2, 0) is 40.4 Å². The number of nitrogen functional groups attached to an aromatic ring is 1. The summed E-state index contributed by atoms with van der Waals surface area (Å²) in [4.78, 5) is 40.2.